The molecule has 0 unspecified atom stereocenters. The second kappa shape index (κ2) is 8.45. The largest absolute Gasteiger partial charge is 0.380 e. The number of rotatable bonds is 4. The van der Waals surface area contributed by atoms with Crippen LogP contribution in [0.3, 0.4) is 0 Å². The van der Waals surface area contributed by atoms with Gasteiger partial charge in [-0.3, -0.25) is 9.98 Å². The molecule has 3 N–H and O–H groups in total. The molecular weight excluding hydrogens is 314 g/mol. The predicted octanol–water partition coefficient (Wildman–Crippen LogP) is 1.61. The average Bonchev–Trinajstić information content (AvgIpc) is 2.65. The summed E-state index contributed by atoms with van der Waals surface area (Å²) >= 11 is 0. The topological polar surface area (TPSA) is 75.2 Å². The number of aliphatic imine (C=N–C) groups is 2. The van der Waals surface area contributed by atoms with Crippen LogP contribution >= 0.6 is 0 Å². The Bertz CT molecular complexity index is 605. The highest BCUT2D eigenvalue weighted by Crippen LogP contribution is 2.22. The molecule has 1 saturated heterocycles. The van der Waals surface area contributed by atoms with E-state index in [1.54, 1.807) is 6.20 Å². The minimum Gasteiger partial charge on any atom is -0.380 e. The molecule has 0 aromatic rings. The number of morpholine rings is 1. The maximum Gasteiger partial charge on any atom is 0.111 e. The highest BCUT2D eigenvalue weighted by Gasteiger charge is 2.25. The molecule has 25 heavy (non-hydrogen) atoms. The van der Waals surface area contributed by atoms with Gasteiger partial charge in [0, 0.05) is 44.1 Å². The highest BCUT2D eigenvalue weighted by molar-refractivity contribution is 6.52. The van der Waals surface area contributed by atoms with Crippen molar-refractivity contribution in [3.05, 3.63) is 36.3 Å². The number of ether oxygens (including phenoxy) is 1. The zero-order chi connectivity index (χ0) is 17.6. The third-order valence-corrected chi connectivity index (χ3v) is 5.04. The van der Waals surface area contributed by atoms with Gasteiger partial charge >= 0.3 is 0 Å². The first kappa shape index (κ1) is 17.9. The zero-order valence-electron chi connectivity index (χ0n) is 15.1. The van der Waals surface area contributed by atoms with Crippen molar-refractivity contribution in [2.45, 2.75) is 37.8 Å². The van der Waals surface area contributed by atoms with Crippen molar-refractivity contribution in [1.82, 2.24) is 10.2 Å². The monoisotopic (exact) mass is 343 g/mol. The van der Waals surface area contributed by atoms with E-state index in [9.17, 15) is 0 Å². The first-order chi connectivity index (χ1) is 12.2. The minimum absolute atomic E-state index is 0.344. The Labute approximate surface area is 150 Å². The summed E-state index contributed by atoms with van der Waals surface area (Å²) in [6, 6.07) is 0.777. The van der Waals surface area contributed by atoms with Crippen molar-refractivity contribution in [1.29, 1.82) is 0 Å². The Morgan fingerprint density at radius 1 is 1.24 bits per heavy atom. The highest BCUT2D eigenvalue weighted by atomic mass is 16.5. The van der Waals surface area contributed by atoms with E-state index in [-0.39, 0.29) is 0 Å². The Hall–Kier alpha value is -1.92. The van der Waals surface area contributed by atoms with Crippen molar-refractivity contribution in [3.63, 3.8) is 0 Å². The van der Waals surface area contributed by atoms with Gasteiger partial charge in [-0.05, 0) is 37.8 Å². The smallest absolute Gasteiger partial charge is 0.111 e. The first-order valence-corrected chi connectivity index (χ1v) is 9.15. The molecule has 3 rings (SSSR count). The van der Waals surface area contributed by atoms with Crippen LogP contribution in [-0.2, 0) is 4.74 Å². The SMILES string of the molecule is C=C/N=C1/C(N[C@H]2CC[C@@H](N)CC2)=CC(N2CCOCC2)=C/C1=N/C. The summed E-state index contributed by atoms with van der Waals surface area (Å²) in [6.07, 6.45) is 10.2. The lowest BCUT2D eigenvalue weighted by Crippen LogP contribution is -2.42. The van der Waals surface area contributed by atoms with Crippen molar-refractivity contribution in [3.8, 4) is 0 Å². The zero-order valence-corrected chi connectivity index (χ0v) is 15.1. The number of hydrogen-bond acceptors (Lipinski definition) is 6. The Morgan fingerprint density at radius 2 is 1.96 bits per heavy atom. The molecule has 0 amide bonds. The standard InChI is InChI=1S/C19H29N5O/c1-3-22-19-17(21-2)12-16(24-8-10-25-11-9-24)13-18(19)23-15-6-4-14(20)5-7-15/h3,12-15,23H,1,4-11,20H2,2H3/b21-17-,22-19+/t14-,15+. The van der Waals surface area contributed by atoms with Crippen LogP contribution in [0, 0.1) is 0 Å². The van der Waals surface area contributed by atoms with Crippen LogP contribution in [0.25, 0.3) is 0 Å². The number of allylic oxidation sites excluding steroid dienone is 3. The Kier molecular flexibility index (Phi) is 6.04. The third kappa shape index (κ3) is 4.38. The van der Waals surface area contributed by atoms with Crippen LogP contribution in [0.2, 0.25) is 0 Å². The minimum atomic E-state index is 0.344. The van der Waals surface area contributed by atoms with Crippen LogP contribution in [0.5, 0.6) is 0 Å². The van der Waals surface area contributed by atoms with Gasteiger partial charge in [-0.25, -0.2) is 0 Å². The lowest BCUT2D eigenvalue weighted by molar-refractivity contribution is 0.0554. The molecule has 6 heteroatoms. The summed E-state index contributed by atoms with van der Waals surface area (Å²) in [6.45, 7) is 7.09. The maximum absolute atomic E-state index is 6.04. The van der Waals surface area contributed by atoms with Crippen molar-refractivity contribution in [2.24, 2.45) is 15.7 Å². The fraction of sp³-hybridized carbons (Fsp3) is 0.579. The molecule has 0 radical (unpaired) electrons. The quantitative estimate of drug-likeness (QED) is 0.761. The lowest BCUT2D eigenvalue weighted by atomic mass is 9.91. The van der Waals surface area contributed by atoms with Gasteiger partial charge < -0.3 is 20.7 Å². The van der Waals surface area contributed by atoms with Crippen molar-refractivity contribution in [2.75, 3.05) is 33.4 Å². The van der Waals surface area contributed by atoms with E-state index in [4.69, 9.17) is 10.5 Å². The molecular formula is C19H29N5O. The van der Waals surface area contributed by atoms with E-state index < -0.39 is 0 Å². The normalized spacial score (nSPS) is 30.9. The fourth-order valence-electron chi connectivity index (χ4n) is 3.60. The van der Waals surface area contributed by atoms with Gasteiger partial charge in [0.05, 0.1) is 24.6 Å². The summed E-state index contributed by atoms with van der Waals surface area (Å²) in [7, 11) is 1.81. The molecule has 0 spiro atoms. The molecule has 2 fully saturated rings. The molecule has 0 aromatic heterocycles. The van der Waals surface area contributed by atoms with Gasteiger partial charge in [0.25, 0.3) is 0 Å². The molecule has 0 bridgehead atoms. The van der Waals surface area contributed by atoms with E-state index >= 15 is 0 Å². The molecule has 1 heterocycles. The van der Waals surface area contributed by atoms with Crippen LogP contribution in [-0.4, -0.2) is 61.8 Å². The summed E-state index contributed by atoms with van der Waals surface area (Å²) < 4.78 is 5.48. The molecule has 6 nitrogen and oxygen atoms in total. The van der Waals surface area contributed by atoms with E-state index in [0.717, 1.165) is 69.1 Å². The van der Waals surface area contributed by atoms with Crippen LogP contribution in [0.1, 0.15) is 25.7 Å². The molecule has 3 aliphatic rings. The van der Waals surface area contributed by atoms with Crippen LogP contribution in [0.15, 0.2) is 46.3 Å². The number of nitrogens with zero attached hydrogens (tertiary/aromatic N) is 3. The summed E-state index contributed by atoms with van der Waals surface area (Å²) in [5.74, 6) is 0. The molecule has 2 aliphatic carbocycles. The van der Waals surface area contributed by atoms with Gasteiger partial charge in [-0.1, -0.05) is 6.58 Å². The first-order valence-electron chi connectivity index (χ1n) is 9.15. The predicted molar refractivity (Wildman–Crippen MR) is 103 cm³/mol. The van der Waals surface area contributed by atoms with Crippen molar-refractivity contribution < 1.29 is 4.74 Å². The van der Waals surface area contributed by atoms with Gasteiger partial charge in [0.15, 0.2) is 0 Å². The van der Waals surface area contributed by atoms with E-state index in [0.29, 0.717) is 12.1 Å². The second-order valence-electron chi connectivity index (χ2n) is 6.75. The fourth-order valence-corrected chi connectivity index (χ4v) is 3.60. The maximum atomic E-state index is 6.04. The van der Waals surface area contributed by atoms with Gasteiger partial charge in [0.2, 0.25) is 0 Å². The van der Waals surface area contributed by atoms with E-state index in [2.05, 4.69) is 38.9 Å². The summed E-state index contributed by atoms with van der Waals surface area (Å²) in [5.41, 5.74) is 10.00. The molecule has 0 aromatic carbocycles. The molecule has 0 atom stereocenters. The van der Waals surface area contributed by atoms with E-state index in [1.807, 2.05) is 7.05 Å². The summed E-state index contributed by atoms with van der Waals surface area (Å²) in [5, 5.41) is 3.69. The number of nitrogens with one attached hydrogen (secondary N) is 1. The van der Waals surface area contributed by atoms with E-state index in [1.165, 1.54) is 5.70 Å². The Morgan fingerprint density at radius 3 is 2.60 bits per heavy atom. The number of hydrogen-bond donors (Lipinski definition) is 2. The van der Waals surface area contributed by atoms with Crippen LogP contribution in [0.4, 0.5) is 0 Å². The third-order valence-electron chi connectivity index (χ3n) is 5.04. The molecule has 136 valence electrons. The Balaban J connectivity index is 1.84. The molecule has 1 aliphatic heterocycles. The lowest BCUT2D eigenvalue weighted by Gasteiger charge is -2.34. The average molecular weight is 343 g/mol. The van der Waals surface area contributed by atoms with Gasteiger partial charge in [-0.2, -0.15) is 0 Å². The molecule has 1 saturated carbocycles. The van der Waals surface area contributed by atoms with Crippen molar-refractivity contribution >= 4 is 11.4 Å². The second-order valence-corrected chi connectivity index (χ2v) is 6.75. The number of nitrogens with two attached hydrogens (primary N) is 1. The van der Waals surface area contributed by atoms with Crippen LogP contribution < -0.4 is 11.1 Å². The van der Waals surface area contributed by atoms with Gasteiger partial charge in [-0.15, -0.1) is 0 Å². The van der Waals surface area contributed by atoms with Gasteiger partial charge in [0.1, 0.15) is 5.71 Å². The summed E-state index contributed by atoms with van der Waals surface area (Å²) in [4.78, 5) is 11.3.